The summed E-state index contributed by atoms with van der Waals surface area (Å²) in [5.74, 6) is 0.853. The first-order valence-corrected chi connectivity index (χ1v) is 8.37. The fourth-order valence-electron chi connectivity index (χ4n) is 3.61. The molecule has 5 nitrogen and oxygen atoms in total. The smallest absolute Gasteiger partial charge is 0.257 e. The summed E-state index contributed by atoms with van der Waals surface area (Å²) in [6, 6.07) is 3.17. The van der Waals surface area contributed by atoms with Gasteiger partial charge in [0.2, 0.25) is 5.91 Å². The van der Waals surface area contributed by atoms with E-state index in [0.29, 0.717) is 33.9 Å². The van der Waals surface area contributed by atoms with Crippen molar-refractivity contribution in [2.75, 3.05) is 26.5 Å². The third-order valence-corrected chi connectivity index (χ3v) is 4.99. The highest BCUT2D eigenvalue weighted by Crippen LogP contribution is 2.44. The Morgan fingerprint density at radius 1 is 1.25 bits per heavy atom. The minimum atomic E-state index is -0.229. The topological polar surface area (TPSA) is 58.6 Å². The zero-order valence-corrected chi connectivity index (χ0v) is 14.8. The molecule has 1 N–H and O–H groups in total. The fourth-order valence-corrected chi connectivity index (χ4v) is 3.83. The molecule has 1 fully saturated rings. The van der Waals surface area contributed by atoms with Crippen molar-refractivity contribution in [2.24, 2.45) is 17.8 Å². The van der Waals surface area contributed by atoms with Gasteiger partial charge < -0.3 is 15.0 Å². The van der Waals surface area contributed by atoms with Crippen molar-refractivity contribution in [2.45, 2.75) is 12.8 Å². The molecule has 0 heterocycles. The number of ether oxygens (including phenoxy) is 1. The number of rotatable bonds is 4. The second-order valence-corrected chi connectivity index (χ2v) is 7.05. The molecular formula is C18H21ClN2O3. The number of anilines is 1. The van der Waals surface area contributed by atoms with Crippen molar-refractivity contribution in [3.05, 3.63) is 34.9 Å². The van der Waals surface area contributed by atoms with Gasteiger partial charge in [0.25, 0.3) is 5.91 Å². The lowest BCUT2D eigenvalue weighted by molar-refractivity contribution is -0.120. The van der Waals surface area contributed by atoms with Crippen molar-refractivity contribution < 1.29 is 14.3 Å². The lowest BCUT2D eigenvalue weighted by Gasteiger charge is -2.20. The minimum Gasteiger partial charge on any atom is -0.494 e. The van der Waals surface area contributed by atoms with E-state index in [-0.39, 0.29) is 17.7 Å². The maximum atomic E-state index is 12.7. The summed E-state index contributed by atoms with van der Waals surface area (Å²) in [6.45, 7) is 0. The van der Waals surface area contributed by atoms with Gasteiger partial charge in [-0.2, -0.15) is 0 Å². The van der Waals surface area contributed by atoms with Gasteiger partial charge >= 0.3 is 0 Å². The van der Waals surface area contributed by atoms with E-state index >= 15 is 0 Å². The Hall–Kier alpha value is -2.01. The number of halogens is 1. The molecule has 3 unspecified atom stereocenters. The Balaban J connectivity index is 1.88. The predicted octanol–water partition coefficient (Wildman–Crippen LogP) is 3.20. The maximum absolute atomic E-state index is 12.7. The standard InChI is InChI=1S/C18H21ClN2O3/c1-21(2)18(23)14-8-12(19)9-15(16(14)24-3)20-17(22)13-7-10-4-5-11(13)6-10/h4-5,8-11,13H,6-7H2,1-3H3,(H,20,22). The number of nitrogens with one attached hydrogen (secondary N) is 1. The number of hydrogen-bond donors (Lipinski definition) is 1. The van der Waals surface area contributed by atoms with E-state index in [1.54, 1.807) is 26.2 Å². The number of nitrogens with zero attached hydrogens (tertiary/aromatic N) is 1. The van der Waals surface area contributed by atoms with Gasteiger partial charge in [0, 0.05) is 25.0 Å². The van der Waals surface area contributed by atoms with Crippen LogP contribution in [0.3, 0.4) is 0 Å². The quantitative estimate of drug-likeness (QED) is 0.850. The van der Waals surface area contributed by atoms with Gasteiger partial charge in [-0.05, 0) is 36.8 Å². The molecular weight excluding hydrogens is 328 g/mol. The highest BCUT2D eigenvalue weighted by atomic mass is 35.5. The minimum absolute atomic E-state index is 0.0308. The second-order valence-electron chi connectivity index (χ2n) is 6.61. The Kier molecular flexibility index (Phi) is 4.54. The van der Waals surface area contributed by atoms with Crippen LogP contribution in [-0.4, -0.2) is 37.9 Å². The van der Waals surface area contributed by atoms with Crippen molar-refractivity contribution in [1.29, 1.82) is 0 Å². The molecule has 24 heavy (non-hydrogen) atoms. The molecule has 1 aromatic carbocycles. The molecule has 0 aliphatic heterocycles. The summed E-state index contributed by atoms with van der Waals surface area (Å²) >= 11 is 6.15. The molecule has 1 saturated carbocycles. The predicted molar refractivity (Wildman–Crippen MR) is 93.5 cm³/mol. The van der Waals surface area contributed by atoms with Gasteiger partial charge in [-0.3, -0.25) is 9.59 Å². The van der Waals surface area contributed by atoms with E-state index in [1.165, 1.54) is 12.0 Å². The Morgan fingerprint density at radius 3 is 2.54 bits per heavy atom. The lowest BCUT2D eigenvalue weighted by Crippen LogP contribution is -2.27. The summed E-state index contributed by atoms with van der Waals surface area (Å²) in [5.41, 5.74) is 0.769. The van der Waals surface area contributed by atoms with Crippen molar-refractivity contribution in [3.63, 3.8) is 0 Å². The Bertz CT molecular complexity index is 714. The number of methoxy groups -OCH3 is 1. The zero-order chi connectivity index (χ0) is 17.4. The first-order valence-electron chi connectivity index (χ1n) is 7.99. The number of carbonyl (C=O) groups is 2. The van der Waals surface area contributed by atoms with Crippen LogP contribution in [0.4, 0.5) is 5.69 Å². The van der Waals surface area contributed by atoms with E-state index in [4.69, 9.17) is 16.3 Å². The Labute approximate surface area is 146 Å². The van der Waals surface area contributed by atoms with E-state index < -0.39 is 0 Å². The number of hydrogen-bond acceptors (Lipinski definition) is 3. The van der Waals surface area contributed by atoms with Crippen LogP contribution in [0.5, 0.6) is 5.75 Å². The normalized spacial score (nSPS) is 24.1. The number of amides is 2. The third kappa shape index (κ3) is 3.00. The summed E-state index contributed by atoms with van der Waals surface area (Å²) in [7, 11) is 4.79. The van der Waals surface area contributed by atoms with Crippen LogP contribution in [0.1, 0.15) is 23.2 Å². The molecule has 1 aromatic rings. The molecule has 3 atom stereocenters. The summed E-state index contributed by atoms with van der Waals surface area (Å²) < 4.78 is 5.39. The third-order valence-electron chi connectivity index (χ3n) is 4.77. The van der Waals surface area contributed by atoms with Crippen LogP contribution in [0.15, 0.2) is 24.3 Å². The van der Waals surface area contributed by atoms with Crippen LogP contribution in [0.25, 0.3) is 0 Å². The first kappa shape index (κ1) is 16.8. The number of benzene rings is 1. The molecule has 0 aromatic heterocycles. The molecule has 3 rings (SSSR count). The van der Waals surface area contributed by atoms with Crippen molar-refractivity contribution in [3.8, 4) is 5.75 Å². The van der Waals surface area contributed by atoms with Gasteiger partial charge in [0.05, 0.1) is 18.4 Å². The number of allylic oxidation sites excluding steroid dienone is 2. The van der Waals surface area contributed by atoms with Gasteiger partial charge in [-0.1, -0.05) is 23.8 Å². The van der Waals surface area contributed by atoms with Crippen LogP contribution in [0.2, 0.25) is 5.02 Å². The molecule has 0 radical (unpaired) electrons. The second kappa shape index (κ2) is 6.48. The fraction of sp³-hybridized carbons (Fsp3) is 0.444. The molecule has 2 amide bonds. The monoisotopic (exact) mass is 348 g/mol. The maximum Gasteiger partial charge on any atom is 0.257 e. The SMILES string of the molecule is COc1c(NC(=O)C2CC3C=CC2C3)cc(Cl)cc1C(=O)N(C)C. The van der Waals surface area contributed by atoms with Crippen LogP contribution in [-0.2, 0) is 4.79 Å². The van der Waals surface area contributed by atoms with Gasteiger partial charge in [0.1, 0.15) is 0 Å². The van der Waals surface area contributed by atoms with Crippen molar-refractivity contribution >= 4 is 29.1 Å². The van der Waals surface area contributed by atoms with Gasteiger partial charge in [-0.15, -0.1) is 0 Å². The summed E-state index contributed by atoms with van der Waals surface area (Å²) in [4.78, 5) is 26.4. The molecule has 0 spiro atoms. The summed E-state index contributed by atoms with van der Waals surface area (Å²) in [6.07, 6.45) is 6.26. The number of fused-ring (bicyclic) bond motifs is 2. The van der Waals surface area contributed by atoms with Gasteiger partial charge in [-0.25, -0.2) is 0 Å². The van der Waals surface area contributed by atoms with E-state index in [2.05, 4.69) is 17.5 Å². The van der Waals surface area contributed by atoms with Crippen molar-refractivity contribution in [1.82, 2.24) is 4.90 Å². The number of carbonyl (C=O) groups excluding carboxylic acids is 2. The molecule has 2 aliphatic carbocycles. The summed E-state index contributed by atoms with van der Waals surface area (Å²) in [5, 5.41) is 3.29. The lowest BCUT2D eigenvalue weighted by atomic mass is 9.92. The molecule has 2 aliphatic rings. The van der Waals surface area contributed by atoms with Crippen LogP contribution >= 0.6 is 11.6 Å². The highest BCUT2D eigenvalue weighted by Gasteiger charge is 2.40. The van der Waals surface area contributed by atoms with E-state index in [1.807, 2.05) is 0 Å². The largest absolute Gasteiger partial charge is 0.494 e. The Morgan fingerprint density at radius 2 is 2.00 bits per heavy atom. The molecule has 6 heteroatoms. The van der Waals surface area contributed by atoms with Crippen LogP contribution < -0.4 is 10.1 Å². The van der Waals surface area contributed by atoms with Gasteiger partial charge in [0.15, 0.2) is 5.75 Å². The molecule has 128 valence electrons. The zero-order valence-electron chi connectivity index (χ0n) is 14.0. The highest BCUT2D eigenvalue weighted by molar-refractivity contribution is 6.31. The van der Waals surface area contributed by atoms with E-state index in [0.717, 1.165) is 12.8 Å². The van der Waals surface area contributed by atoms with E-state index in [9.17, 15) is 9.59 Å². The molecule has 2 bridgehead atoms. The van der Waals surface area contributed by atoms with Crippen LogP contribution in [0, 0.1) is 17.8 Å². The molecule has 0 saturated heterocycles. The first-order chi connectivity index (χ1) is 11.4. The average Bonchev–Trinajstić information content (AvgIpc) is 3.16. The average molecular weight is 349 g/mol.